The molecule has 33 heavy (non-hydrogen) atoms. The lowest BCUT2D eigenvalue weighted by molar-refractivity contribution is 0.353. The average Bonchev–Trinajstić information content (AvgIpc) is 2.97. The first-order chi connectivity index (χ1) is 15.6. The Morgan fingerprint density at radius 2 is 1.82 bits per heavy atom. The van der Waals surface area contributed by atoms with Gasteiger partial charge in [0.15, 0.2) is 15.7 Å². The predicted octanol–water partition coefficient (Wildman–Crippen LogP) is 4.69. The SMILES string of the molecule is CC(C)(C)S(=O)(=O)c1ccc(Nc2nn([C@H]3CCCCC[C@@H]3C#N)c3cc[nH]c(=O)c23)cc1. The maximum atomic E-state index is 12.7. The molecule has 9 heteroatoms. The van der Waals surface area contributed by atoms with Gasteiger partial charge in [-0.25, -0.2) is 8.42 Å². The summed E-state index contributed by atoms with van der Waals surface area (Å²) in [6.45, 7) is 5.00. The van der Waals surface area contributed by atoms with Crippen LogP contribution in [0.25, 0.3) is 10.9 Å². The zero-order valence-corrected chi connectivity index (χ0v) is 19.9. The van der Waals surface area contributed by atoms with Gasteiger partial charge in [0, 0.05) is 11.9 Å². The van der Waals surface area contributed by atoms with E-state index in [1.54, 1.807) is 51.2 Å². The lowest BCUT2D eigenvalue weighted by Gasteiger charge is -2.20. The molecule has 174 valence electrons. The number of nitrogens with one attached hydrogen (secondary N) is 2. The number of pyridine rings is 1. The van der Waals surface area contributed by atoms with Gasteiger partial charge in [-0.3, -0.25) is 9.48 Å². The fraction of sp³-hybridized carbons (Fsp3) is 0.458. The zero-order valence-electron chi connectivity index (χ0n) is 19.1. The van der Waals surface area contributed by atoms with Gasteiger partial charge in [-0.05, 0) is 63.9 Å². The van der Waals surface area contributed by atoms with E-state index in [1.165, 1.54) is 0 Å². The molecule has 1 saturated carbocycles. The van der Waals surface area contributed by atoms with Gasteiger partial charge < -0.3 is 10.3 Å². The van der Waals surface area contributed by atoms with Crippen molar-refractivity contribution in [2.45, 2.75) is 68.6 Å². The van der Waals surface area contributed by atoms with Crippen LogP contribution in [0.2, 0.25) is 0 Å². The second kappa shape index (κ2) is 8.67. The summed E-state index contributed by atoms with van der Waals surface area (Å²) in [5, 5.41) is 18.1. The number of aromatic nitrogens is 3. The number of nitriles is 1. The first-order valence-corrected chi connectivity index (χ1v) is 12.7. The smallest absolute Gasteiger partial charge is 0.261 e. The van der Waals surface area contributed by atoms with E-state index in [9.17, 15) is 18.5 Å². The van der Waals surface area contributed by atoms with Gasteiger partial charge in [-0.15, -0.1) is 0 Å². The third-order valence-corrected chi connectivity index (χ3v) is 8.83. The van der Waals surface area contributed by atoms with Crippen LogP contribution < -0.4 is 10.9 Å². The summed E-state index contributed by atoms with van der Waals surface area (Å²) >= 11 is 0. The molecule has 2 N–H and O–H groups in total. The summed E-state index contributed by atoms with van der Waals surface area (Å²) in [6.07, 6.45) is 6.36. The number of H-pyrrole nitrogens is 1. The van der Waals surface area contributed by atoms with E-state index >= 15 is 0 Å². The number of anilines is 2. The van der Waals surface area contributed by atoms with Gasteiger partial charge in [0.2, 0.25) is 0 Å². The summed E-state index contributed by atoms with van der Waals surface area (Å²) in [5.74, 6) is 0.226. The van der Waals surface area contributed by atoms with Crippen molar-refractivity contribution in [3.63, 3.8) is 0 Å². The van der Waals surface area contributed by atoms with Crippen molar-refractivity contribution in [3.8, 4) is 6.07 Å². The van der Waals surface area contributed by atoms with E-state index in [-0.39, 0.29) is 22.4 Å². The van der Waals surface area contributed by atoms with Gasteiger partial charge >= 0.3 is 0 Å². The molecule has 0 saturated heterocycles. The Hall–Kier alpha value is -3.12. The van der Waals surface area contributed by atoms with Crippen LogP contribution in [0.3, 0.4) is 0 Å². The van der Waals surface area contributed by atoms with E-state index in [0.29, 0.717) is 22.4 Å². The zero-order chi connectivity index (χ0) is 23.8. The van der Waals surface area contributed by atoms with Crippen LogP contribution in [0.1, 0.15) is 58.9 Å². The monoisotopic (exact) mass is 467 g/mol. The molecule has 2 aromatic heterocycles. The molecule has 0 bridgehead atoms. The summed E-state index contributed by atoms with van der Waals surface area (Å²) in [7, 11) is -3.46. The van der Waals surface area contributed by atoms with Gasteiger partial charge in [0.05, 0.1) is 33.2 Å². The number of fused-ring (bicyclic) bond motifs is 1. The Kier molecular flexibility index (Phi) is 6.06. The molecule has 4 rings (SSSR count). The third kappa shape index (κ3) is 4.27. The molecule has 2 heterocycles. The molecule has 0 amide bonds. The molecule has 1 aliphatic rings. The molecule has 2 atom stereocenters. The minimum atomic E-state index is -3.46. The highest BCUT2D eigenvalue weighted by molar-refractivity contribution is 7.92. The Morgan fingerprint density at radius 1 is 1.12 bits per heavy atom. The standard InChI is InChI=1S/C24H29N5O3S/c1-24(2,3)33(31,32)18-11-9-17(10-12-18)27-22-21-20(13-14-26-23(21)30)29(28-22)19-8-6-4-5-7-16(19)15-25/h9-14,16,19H,4-8H2,1-3H3,(H,26,30)(H,27,28)/t16-,19+/m1/s1. The van der Waals surface area contributed by atoms with Crippen molar-refractivity contribution < 1.29 is 8.42 Å². The lowest BCUT2D eigenvalue weighted by Crippen LogP contribution is -2.27. The molecular weight excluding hydrogens is 438 g/mol. The molecule has 1 aromatic carbocycles. The van der Waals surface area contributed by atoms with Gasteiger partial charge in [0.1, 0.15) is 5.39 Å². The highest BCUT2D eigenvalue weighted by Gasteiger charge is 2.31. The first kappa shape index (κ1) is 23.1. The second-order valence-corrected chi connectivity index (χ2v) is 12.3. The van der Waals surface area contributed by atoms with Crippen molar-refractivity contribution >= 4 is 32.2 Å². The summed E-state index contributed by atoms with van der Waals surface area (Å²) in [4.78, 5) is 15.7. The van der Waals surface area contributed by atoms with E-state index < -0.39 is 14.6 Å². The summed E-state index contributed by atoms with van der Waals surface area (Å²) < 4.78 is 26.3. The van der Waals surface area contributed by atoms with Crippen LogP contribution >= 0.6 is 0 Å². The van der Waals surface area contributed by atoms with E-state index in [2.05, 4.69) is 16.4 Å². The predicted molar refractivity (Wildman–Crippen MR) is 128 cm³/mol. The van der Waals surface area contributed by atoms with Crippen molar-refractivity contribution in [1.29, 1.82) is 5.26 Å². The fourth-order valence-corrected chi connectivity index (χ4v) is 5.58. The third-order valence-electron chi connectivity index (χ3n) is 6.32. The number of benzene rings is 1. The molecule has 8 nitrogen and oxygen atoms in total. The lowest BCUT2D eigenvalue weighted by atomic mass is 9.96. The Labute approximate surface area is 193 Å². The minimum Gasteiger partial charge on any atom is -0.338 e. The summed E-state index contributed by atoms with van der Waals surface area (Å²) in [6, 6.07) is 10.6. The summed E-state index contributed by atoms with van der Waals surface area (Å²) in [5.41, 5.74) is 1.03. The first-order valence-electron chi connectivity index (χ1n) is 11.2. The van der Waals surface area contributed by atoms with Gasteiger partial charge in [-0.1, -0.05) is 19.3 Å². The molecular formula is C24H29N5O3S. The van der Waals surface area contributed by atoms with Crippen molar-refractivity contribution in [3.05, 3.63) is 46.9 Å². The Balaban J connectivity index is 1.74. The largest absolute Gasteiger partial charge is 0.338 e. The minimum absolute atomic E-state index is 0.100. The number of rotatable bonds is 4. The molecule has 1 aliphatic carbocycles. The highest BCUT2D eigenvalue weighted by Crippen LogP contribution is 2.36. The van der Waals surface area contributed by atoms with Gasteiger partial charge in [0.25, 0.3) is 5.56 Å². The number of hydrogen-bond acceptors (Lipinski definition) is 6. The van der Waals surface area contributed by atoms with Crippen LogP contribution in [-0.4, -0.2) is 27.9 Å². The topological polar surface area (TPSA) is 121 Å². The van der Waals surface area contributed by atoms with Crippen LogP contribution in [0.5, 0.6) is 0 Å². The number of sulfone groups is 1. The number of hydrogen-bond donors (Lipinski definition) is 2. The normalized spacial score (nSPS) is 19.7. The van der Waals surface area contributed by atoms with Crippen molar-refractivity contribution in [2.24, 2.45) is 5.92 Å². The molecule has 0 aliphatic heterocycles. The molecule has 1 fully saturated rings. The molecule has 0 unspecified atom stereocenters. The van der Waals surface area contributed by atoms with Gasteiger partial charge in [-0.2, -0.15) is 10.4 Å². The average molecular weight is 468 g/mol. The molecule has 0 spiro atoms. The van der Waals surface area contributed by atoms with E-state index in [0.717, 1.165) is 32.1 Å². The van der Waals surface area contributed by atoms with Crippen LogP contribution in [0.15, 0.2) is 46.2 Å². The van der Waals surface area contributed by atoms with E-state index in [4.69, 9.17) is 5.10 Å². The van der Waals surface area contributed by atoms with E-state index in [1.807, 2.05) is 10.7 Å². The number of nitrogens with zero attached hydrogens (tertiary/aromatic N) is 3. The van der Waals surface area contributed by atoms with Crippen molar-refractivity contribution in [2.75, 3.05) is 5.32 Å². The number of aromatic amines is 1. The van der Waals surface area contributed by atoms with Crippen LogP contribution in [-0.2, 0) is 9.84 Å². The maximum absolute atomic E-state index is 12.7. The highest BCUT2D eigenvalue weighted by atomic mass is 32.2. The second-order valence-electron chi connectivity index (χ2n) is 9.57. The molecule has 0 radical (unpaired) electrons. The molecule has 3 aromatic rings. The maximum Gasteiger partial charge on any atom is 0.261 e. The fourth-order valence-electron chi connectivity index (χ4n) is 4.38. The Morgan fingerprint density at radius 3 is 2.48 bits per heavy atom. The van der Waals surface area contributed by atoms with Crippen LogP contribution in [0.4, 0.5) is 11.5 Å². The van der Waals surface area contributed by atoms with Crippen molar-refractivity contribution in [1.82, 2.24) is 14.8 Å². The quantitative estimate of drug-likeness (QED) is 0.537. The van der Waals surface area contributed by atoms with Crippen LogP contribution in [0, 0.1) is 17.2 Å². The Bertz CT molecular complexity index is 1360.